The molecule has 0 spiro atoms. The number of sulfonamides is 1. The number of nitrogens with two attached hydrogens (primary N) is 1. The second-order valence-electron chi connectivity index (χ2n) is 13.4. The maximum atomic E-state index is 13.8. The number of aryl methyl sites for hydroxylation is 2. The summed E-state index contributed by atoms with van der Waals surface area (Å²) < 4.78 is 40.3. The van der Waals surface area contributed by atoms with Gasteiger partial charge in [0.2, 0.25) is 10.0 Å². The molecule has 6 heterocycles. The van der Waals surface area contributed by atoms with Crippen molar-refractivity contribution in [1.82, 2.24) is 38.5 Å². The van der Waals surface area contributed by atoms with Gasteiger partial charge in [0, 0.05) is 55.9 Å². The third kappa shape index (κ3) is 5.00. The van der Waals surface area contributed by atoms with Gasteiger partial charge in [-0.05, 0) is 75.3 Å². The molecule has 5 aromatic rings. The van der Waals surface area contributed by atoms with Crippen LogP contribution in [0.4, 0.5) is 0 Å². The number of hydrogen-bond acceptors (Lipinski definition) is 8. The van der Waals surface area contributed by atoms with Gasteiger partial charge in [-0.1, -0.05) is 0 Å². The molecule has 3 aliphatic rings. The fourth-order valence-corrected chi connectivity index (χ4v) is 8.73. The Labute approximate surface area is 272 Å². The summed E-state index contributed by atoms with van der Waals surface area (Å²) in [6, 6.07) is 9.33. The first-order valence-electron chi connectivity index (χ1n) is 16.2. The number of nitrogens with zero attached hydrogens (tertiary/aromatic N) is 7. The summed E-state index contributed by atoms with van der Waals surface area (Å²) in [4.78, 5) is 26.0. The monoisotopic (exact) mass is 657 g/mol. The summed E-state index contributed by atoms with van der Waals surface area (Å²) in [5, 5.41) is 4.93. The molecule has 2 saturated heterocycles. The number of nitrogens with one attached hydrogen (secondary N) is 1. The van der Waals surface area contributed by atoms with Crippen molar-refractivity contribution in [3.8, 4) is 17.3 Å². The Morgan fingerprint density at radius 3 is 2.60 bits per heavy atom. The zero-order chi connectivity index (χ0) is 32.8. The number of pyridine rings is 1. The van der Waals surface area contributed by atoms with Crippen molar-refractivity contribution in [2.24, 2.45) is 25.7 Å². The van der Waals surface area contributed by atoms with Crippen molar-refractivity contribution in [3.63, 3.8) is 0 Å². The number of methoxy groups -OCH3 is 1. The van der Waals surface area contributed by atoms with Crippen LogP contribution < -0.4 is 15.2 Å². The van der Waals surface area contributed by atoms with Crippen LogP contribution in [0.5, 0.6) is 5.75 Å². The molecule has 8 rings (SSSR count). The van der Waals surface area contributed by atoms with Gasteiger partial charge in [-0.2, -0.15) is 5.10 Å². The molecule has 1 aliphatic carbocycles. The largest absolute Gasteiger partial charge is 0.494 e. The fourth-order valence-electron chi connectivity index (χ4n) is 7.53. The highest BCUT2D eigenvalue weighted by Crippen LogP contribution is 2.40. The highest BCUT2D eigenvalue weighted by Gasteiger charge is 2.47. The Morgan fingerprint density at radius 2 is 1.94 bits per heavy atom. The predicted molar refractivity (Wildman–Crippen MR) is 176 cm³/mol. The Balaban J connectivity index is 1.18. The number of benzene rings is 1. The zero-order valence-electron chi connectivity index (χ0n) is 26.9. The maximum absolute atomic E-state index is 13.8. The van der Waals surface area contributed by atoms with Crippen molar-refractivity contribution in [3.05, 3.63) is 54.0 Å². The van der Waals surface area contributed by atoms with Crippen LogP contribution in [0.25, 0.3) is 33.6 Å². The molecule has 3 fully saturated rings. The van der Waals surface area contributed by atoms with Crippen LogP contribution >= 0.6 is 0 Å². The minimum absolute atomic E-state index is 0.0225. The van der Waals surface area contributed by atoms with Crippen molar-refractivity contribution < 1.29 is 17.9 Å². The normalized spacial score (nSPS) is 21.7. The van der Waals surface area contributed by atoms with Gasteiger partial charge in [0.15, 0.2) is 5.82 Å². The number of carbonyl (C=O) groups is 1. The van der Waals surface area contributed by atoms with E-state index in [9.17, 15) is 13.2 Å². The van der Waals surface area contributed by atoms with Gasteiger partial charge < -0.3 is 24.5 Å². The number of rotatable bonds is 9. The van der Waals surface area contributed by atoms with E-state index in [-0.39, 0.29) is 28.9 Å². The van der Waals surface area contributed by atoms with Crippen LogP contribution in [-0.4, -0.2) is 73.3 Å². The van der Waals surface area contributed by atoms with Crippen LogP contribution in [0.3, 0.4) is 0 Å². The number of carbonyl (C=O) groups excluding carboxylic acids is 1. The minimum atomic E-state index is -3.78. The summed E-state index contributed by atoms with van der Waals surface area (Å²) >= 11 is 0. The Kier molecular flexibility index (Phi) is 6.97. The van der Waals surface area contributed by atoms with Gasteiger partial charge in [-0.3, -0.25) is 9.48 Å². The number of aromatic nitrogens is 6. The van der Waals surface area contributed by atoms with Crippen molar-refractivity contribution in [1.29, 1.82) is 0 Å². The highest BCUT2D eigenvalue weighted by molar-refractivity contribution is 7.89. The van der Waals surface area contributed by atoms with E-state index in [1.165, 1.54) is 17.1 Å². The number of ether oxygens (including phenoxy) is 1. The third-order valence-electron chi connectivity index (χ3n) is 10.1. The van der Waals surface area contributed by atoms with Gasteiger partial charge in [-0.25, -0.2) is 23.1 Å². The topological polar surface area (TPSA) is 155 Å². The SMILES string of the molecule is COc1cc(C(=O)N2[C@H]3CC[C@@H]2[C@H](N)C3)cc2nc(-c3cc4ccc([C@@H](C)NS(=O)(=O)c5cnn(C)c5)nc4n3CC3CC3)n(C)c12. The lowest BCUT2D eigenvalue weighted by Gasteiger charge is -2.23. The summed E-state index contributed by atoms with van der Waals surface area (Å²) in [6.07, 6.45) is 7.87. The summed E-state index contributed by atoms with van der Waals surface area (Å²) in [7, 11) is 1.47. The van der Waals surface area contributed by atoms with E-state index >= 15 is 0 Å². The first-order valence-corrected chi connectivity index (χ1v) is 17.6. The zero-order valence-corrected chi connectivity index (χ0v) is 27.7. The number of imidazole rings is 1. The van der Waals surface area contributed by atoms with Crippen LogP contribution in [-0.2, 0) is 30.7 Å². The van der Waals surface area contributed by atoms with E-state index in [0.29, 0.717) is 28.4 Å². The average molecular weight is 658 g/mol. The second-order valence-corrected chi connectivity index (χ2v) is 15.1. The lowest BCUT2D eigenvalue weighted by molar-refractivity contribution is 0.0726. The lowest BCUT2D eigenvalue weighted by Crippen LogP contribution is -2.40. The molecule has 3 N–H and O–H groups in total. The van der Waals surface area contributed by atoms with Crippen molar-refractivity contribution in [2.75, 3.05) is 7.11 Å². The Bertz CT molecular complexity index is 2160. The minimum Gasteiger partial charge on any atom is -0.494 e. The third-order valence-corrected chi connectivity index (χ3v) is 11.6. The van der Waals surface area contributed by atoms with Crippen LogP contribution in [0.1, 0.15) is 61.1 Å². The molecule has 2 aliphatic heterocycles. The molecule has 4 aromatic heterocycles. The molecule has 47 heavy (non-hydrogen) atoms. The molecule has 1 saturated carbocycles. The van der Waals surface area contributed by atoms with E-state index in [4.69, 9.17) is 20.4 Å². The lowest BCUT2D eigenvalue weighted by atomic mass is 9.97. The molecule has 4 atom stereocenters. The quantitative estimate of drug-likeness (QED) is 0.244. The van der Waals surface area contributed by atoms with Crippen molar-refractivity contribution >= 4 is 38.0 Å². The Hall–Kier alpha value is -4.27. The van der Waals surface area contributed by atoms with E-state index in [1.54, 1.807) is 21.1 Å². The Morgan fingerprint density at radius 1 is 1.13 bits per heavy atom. The standard InChI is InChI=1S/C33H39N9O4S/c1-18(38-47(44,45)23-15-35-39(2)17-23)25-9-7-20-12-28(41(31(20)36-25)16-19-5-6-19)32-37-26-11-21(13-29(46-4)30(26)40(32)3)33(43)42-22-8-10-27(42)24(34)14-22/h7,9,11-13,15,17-19,22,24,27,38H,5-6,8,10,14,16,34H2,1-4H3/t18-,22+,24-,27-/m1/s1. The number of amides is 1. The number of fused-ring (bicyclic) bond motifs is 4. The summed E-state index contributed by atoms with van der Waals surface area (Å²) in [6.45, 7) is 2.56. The van der Waals surface area contributed by atoms with E-state index in [2.05, 4.69) is 20.5 Å². The fraction of sp³-hybridized carbons (Fsp3) is 0.455. The second kappa shape index (κ2) is 10.9. The van der Waals surface area contributed by atoms with Crippen LogP contribution in [0.15, 0.2) is 47.6 Å². The van der Waals surface area contributed by atoms with Gasteiger partial charge in [0.1, 0.15) is 21.8 Å². The van der Waals surface area contributed by atoms with Gasteiger partial charge in [0.05, 0.1) is 36.3 Å². The molecule has 1 amide bonds. The molecular weight excluding hydrogens is 618 g/mol. The summed E-state index contributed by atoms with van der Waals surface area (Å²) in [5.41, 5.74) is 10.7. The van der Waals surface area contributed by atoms with Gasteiger partial charge in [0.25, 0.3) is 5.91 Å². The molecule has 1 aromatic carbocycles. The smallest absolute Gasteiger partial charge is 0.254 e. The van der Waals surface area contributed by atoms with E-state index in [1.807, 2.05) is 40.8 Å². The molecule has 13 nitrogen and oxygen atoms in total. The van der Waals surface area contributed by atoms with Crippen LogP contribution in [0, 0.1) is 5.92 Å². The van der Waals surface area contributed by atoms with Crippen molar-refractivity contribution in [2.45, 2.75) is 74.6 Å². The van der Waals surface area contributed by atoms with Gasteiger partial charge >= 0.3 is 0 Å². The van der Waals surface area contributed by atoms with Crippen LogP contribution in [0.2, 0.25) is 0 Å². The highest BCUT2D eigenvalue weighted by atomic mass is 32.2. The molecule has 2 bridgehead atoms. The molecule has 0 radical (unpaired) electrons. The molecular formula is C33H39N9O4S. The van der Waals surface area contributed by atoms with E-state index in [0.717, 1.165) is 66.7 Å². The van der Waals surface area contributed by atoms with Gasteiger partial charge in [-0.15, -0.1) is 0 Å². The average Bonchev–Trinajstić information content (AvgIpc) is 3.37. The molecule has 0 unspecified atom stereocenters. The first-order chi connectivity index (χ1) is 22.5. The maximum Gasteiger partial charge on any atom is 0.254 e. The summed E-state index contributed by atoms with van der Waals surface area (Å²) in [5.74, 6) is 1.83. The number of hydrogen-bond donors (Lipinski definition) is 2. The molecule has 246 valence electrons. The van der Waals surface area contributed by atoms with E-state index < -0.39 is 16.1 Å². The molecule has 14 heteroatoms. The predicted octanol–water partition coefficient (Wildman–Crippen LogP) is 3.49. The first kappa shape index (κ1) is 30.1.